The van der Waals surface area contributed by atoms with Crippen LogP contribution >= 0.6 is 11.8 Å². The Labute approximate surface area is 138 Å². The Kier molecular flexibility index (Phi) is 8.18. The Morgan fingerprint density at radius 1 is 1.22 bits per heavy atom. The molecule has 3 unspecified atom stereocenters. The summed E-state index contributed by atoms with van der Waals surface area (Å²) in [6.07, 6.45) is -7.66. The van der Waals surface area contributed by atoms with Crippen molar-refractivity contribution in [3.63, 3.8) is 0 Å². The molecular weight excluding hydrogens is 330 g/mol. The Morgan fingerprint density at radius 2 is 1.83 bits per heavy atom. The Morgan fingerprint density at radius 3 is 2.30 bits per heavy atom. The number of carbonyl (C=O) groups is 1. The van der Waals surface area contributed by atoms with Gasteiger partial charge in [0.05, 0.1) is 18.8 Å². The molecular formula is C13H25NO8S. The van der Waals surface area contributed by atoms with Gasteiger partial charge in [-0.25, -0.2) is 0 Å². The minimum absolute atomic E-state index is 0.0777. The fourth-order valence-electron chi connectivity index (χ4n) is 2.23. The van der Waals surface area contributed by atoms with E-state index in [2.05, 4.69) is 5.32 Å². The first kappa shape index (κ1) is 20.6. The van der Waals surface area contributed by atoms with Gasteiger partial charge in [0.1, 0.15) is 36.0 Å². The molecule has 1 aliphatic rings. The highest BCUT2D eigenvalue weighted by atomic mass is 32.2. The van der Waals surface area contributed by atoms with Gasteiger partial charge in [-0.15, -0.1) is 11.8 Å². The van der Waals surface area contributed by atoms with Crippen molar-refractivity contribution < 1.29 is 40.2 Å². The standard InChI is InChI=1S/C13H25NO8S/c1-5(16)9(18)7(14-6(2)17)4-23-13-12(21)11(20)10(19)8(3-15)22-13/h5,7-13,15-16,18-21H,3-4H2,1-2H3,(H,14,17)/t5-,7-,8?,9+,10-,11?,12?,13+/m0/s1. The molecule has 23 heavy (non-hydrogen) atoms. The van der Waals surface area contributed by atoms with Crippen LogP contribution in [0.25, 0.3) is 0 Å². The van der Waals surface area contributed by atoms with Crippen LogP contribution in [0, 0.1) is 0 Å². The lowest BCUT2D eigenvalue weighted by Crippen LogP contribution is -2.58. The zero-order valence-electron chi connectivity index (χ0n) is 12.9. The van der Waals surface area contributed by atoms with Gasteiger partial charge in [-0.2, -0.15) is 0 Å². The van der Waals surface area contributed by atoms with Crippen molar-refractivity contribution in [2.45, 2.75) is 61.9 Å². The molecule has 1 saturated heterocycles. The number of nitrogens with one attached hydrogen (secondary N) is 1. The third-order valence-electron chi connectivity index (χ3n) is 3.58. The molecule has 8 atom stereocenters. The normalized spacial score (nSPS) is 35.4. The molecule has 0 aromatic rings. The number of hydrogen-bond donors (Lipinski definition) is 7. The Balaban J connectivity index is 2.69. The van der Waals surface area contributed by atoms with E-state index in [1.54, 1.807) is 0 Å². The maximum absolute atomic E-state index is 11.2. The van der Waals surface area contributed by atoms with Crippen molar-refractivity contribution in [3.8, 4) is 0 Å². The van der Waals surface area contributed by atoms with Crippen LogP contribution in [0.5, 0.6) is 0 Å². The smallest absolute Gasteiger partial charge is 0.217 e. The number of hydrogen-bond acceptors (Lipinski definition) is 9. The van der Waals surface area contributed by atoms with Gasteiger partial charge in [0.15, 0.2) is 0 Å². The quantitative estimate of drug-likeness (QED) is 0.249. The Bertz CT molecular complexity index is 383. The first-order chi connectivity index (χ1) is 10.7. The van der Waals surface area contributed by atoms with E-state index in [1.165, 1.54) is 13.8 Å². The molecule has 1 rings (SSSR count). The molecule has 10 heteroatoms. The number of aliphatic hydroxyl groups excluding tert-OH is 6. The first-order valence-corrected chi connectivity index (χ1v) is 8.29. The molecule has 0 radical (unpaired) electrons. The highest BCUT2D eigenvalue weighted by Crippen LogP contribution is 2.29. The van der Waals surface area contributed by atoms with Gasteiger partial charge in [0.2, 0.25) is 5.91 Å². The molecule has 0 aromatic carbocycles. The number of thioether (sulfide) groups is 1. The van der Waals surface area contributed by atoms with Gasteiger partial charge in [-0.05, 0) is 6.92 Å². The van der Waals surface area contributed by atoms with Crippen molar-refractivity contribution >= 4 is 17.7 Å². The topological polar surface area (TPSA) is 160 Å². The van der Waals surface area contributed by atoms with Crippen LogP contribution in [0.1, 0.15) is 13.8 Å². The summed E-state index contributed by atoms with van der Waals surface area (Å²) in [4.78, 5) is 11.2. The zero-order chi connectivity index (χ0) is 17.7. The summed E-state index contributed by atoms with van der Waals surface area (Å²) >= 11 is 0.986. The van der Waals surface area contributed by atoms with E-state index in [0.29, 0.717) is 0 Å². The van der Waals surface area contributed by atoms with Crippen molar-refractivity contribution in [2.24, 2.45) is 0 Å². The average molecular weight is 355 g/mol. The molecule has 136 valence electrons. The largest absolute Gasteiger partial charge is 0.394 e. The minimum atomic E-state index is -1.49. The molecule has 7 N–H and O–H groups in total. The van der Waals surface area contributed by atoms with Gasteiger partial charge >= 0.3 is 0 Å². The molecule has 0 spiro atoms. The summed E-state index contributed by atoms with van der Waals surface area (Å²) in [5, 5.41) is 60.3. The van der Waals surface area contributed by atoms with Crippen molar-refractivity contribution in [1.29, 1.82) is 0 Å². The van der Waals surface area contributed by atoms with Gasteiger partial charge in [-0.3, -0.25) is 4.79 Å². The van der Waals surface area contributed by atoms with E-state index in [0.717, 1.165) is 11.8 Å². The summed E-state index contributed by atoms with van der Waals surface area (Å²) in [5.41, 5.74) is -0.969. The summed E-state index contributed by atoms with van der Waals surface area (Å²) in [7, 11) is 0. The van der Waals surface area contributed by atoms with Gasteiger partial charge in [0.25, 0.3) is 0 Å². The molecule has 0 bridgehead atoms. The molecule has 9 nitrogen and oxygen atoms in total. The van der Waals surface area contributed by atoms with E-state index in [9.17, 15) is 30.3 Å². The monoisotopic (exact) mass is 355 g/mol. The van der Waals surface area contributed by atoms with Crippen LogP contribution in [0.15, 0.2) is 0 Å². The molecule has 0 saturated carbocycles. The van der Waals surface area contributed by atoms with Gasteiger partial charge in [-0.1, -0.05) is 0 Å². The Hall–Kier alpha value is -0.460. The molecule has 0 aromatic heterocycles. The summed E-state index contributed by atoms with van der Waals surface area (Å²) in [5.74, 6) is -0.321. The number of rotatable bonds is 7. The number of ether oxygens (including phenoxy) is 1. The fraction of sp³-hybridized carbons (Fsp3) is 0.923. The minimum Gasteiger partial charge on any atom is -0.394 e. The second kappa shape index (κ2) is 9.14. The first-order valence-electron chi connectivity index (χ1n) is 7.24. The van der Waals surface area contributed by atoms with Crippen molar-refractivity contribution in [1.82, 2.24) is 5.32 Å². The van der Waals surface area contributed by atoms with E-state index < -0.39 is 60.6 Å². The maximum atomic E-state index is 11.2. The number of amides is 1. The van der Waals surface area contributed by atoms with Crippen LogP contribution in [0.3, 0.4) is 0 Å². The second-order valence-corrected chi connectivity index (χ2v) is 6.70. The van der Waals surface area contributed by atoms with Crippen molar-refractivity contribution in [3.05, 3.63) is 0 Å². The molecule has 1 fully saturated rings. The highest BCUT2D eigenvalue weighted by Gasteiger charge is 2.44. The van der Waals surface area contributed by atoms with E-state index >= 15 is 0 Å². The summed E-state index contributed by atoms with van der Waals surface area (Å²) in [6.45, 7) is 2.10. The SMILES string of the molecule is CC(=O)N[C@@H](CS[C@H]1OC(CO)[C@H](O)C(O)C1O)[C@H](O)[C@H](C)O. The highest BCUT2D eigenvalue weighted by molar-refractivity contribution is 7.99. The molecule has 1 aliphatic heterocycles. The van der Waals surface area contributed by atoms with Crippen LogP contribution in [0.2, 0.25) is 0 Å². The predicted octanol–water partition coefficient (Wildman–Crippen LogP) is -3.23. The van der Waals surface area contributed by atoms with Crippen LogP contribution in [0.4, 0.5) is 0 Å². The summed E-state index contributed by atoms with van der Waals surface area (Å²) in [6, 6.07) is -0.801. The lowest BCUT2D eigenvalue weighted by Gasteiger charge is -2.40. The zero-order valence-corrected chi connectivity index (χ0v) is 13.8. The fourth-order valence-corrected chi connectivity index (χ4v) is 3.48. The van der Waals surface area contributed by atoms with Crippen LogP contribution < -0.4 is 5.32 Å². The second-order valence-electron chi connectivity index (χ2n) is 5.57. The maximum Gasteiger partial charge on any atom is 0.217 e. The molecule has 0 aliphatic carbocycles. The number of carbonyl (C=O) groups excluding carboxylic acids is 1. The molecule has 1 heterocycles. The molecule has 1 amide bonds. The van der Waals surface area contributed by atoms with Gasteiger partial charge < -0.3 is 40.7 Å². The van der Waals surface area contributed by atoms with E-state index in [4.69, 9.17) is 9.84 Å². The third kappa shape index (κ3) is 5.54. The average Bonchev–Trinajstić information content (AvgIpc) is 2.49. The predicted molar refractivity (Wildman–Crippen MR) is 81.5 cm³/mol. The van der Waals surface area contributed by atoms with Crippen molar-refractivity contribution in [2.75, 3.05) is 12.4 Å². The van der Waals surface area contributed by atoms with E-state index in [-0.39, 0.29) is 5.75 Å². The summed E-state index contributed by atoms with van der Waals surface area (Å²) < 4.78 is 5.32. The third-order valence-corrected chi connectivity index (χ3v) is 4.85. The lowest BCUT2D eigenvalue weighted by atomic mass is 10.0. The van der Waals surface area contributed by atoms with E-state index in [1.807, 2.05) is 0 Å². The van der Waals surface area contributed by atoms with Gasteiger partial charge in [0, 0.05) is 12.7 Å². The van der Waals surface area contributed by atoms with Crippen LogP contribution in [-0.2, 0) is 9.53 Å². The lowest BCUT2D eigenvalue weighted by molar-refractivity contribution is -0.205. The number of aliphatic hydroxyl groups is 6. The van der Waals surface area contributed by atoms with Crippen LogP contribution in [-0.4, -0.2) is 97.0 Å².